The summed E-state index contributed by atoms with van der Waals surface area (Å²) in [6.45, 7) is 0. The Kier molecular flexibility index (Phi) is 4.98. The van der Waals surface area contributed by atoms with Gasteiger partial charge in [-0.05, 0) is 30.3 Å². The zero-order valence-electron chi connectivity index (χ0n) is 11.5. The van der Waals surface area contributed by atoms with Crippen molar-refractivity contribution in [2.75, 3.05) is 7.11 Å². The molecule has 10 heteroatoms. The van der Waals surface area contributed by atoms with Crippen LogP contribution in [-0.2, 0) is 10.1 Å². The fraction of sp³-hybridized carbons (Fsp3) is 0.0769. The lowest BCUT2D eigenvalue weighted by atomic mass is 10.3. The topological polar surface area (TPSA) is 95.7 Å². The SMILES string of the molecule is COc1ccc(S(=O)(=O)Oc2ccc(Cl)cc2Cl)c([N+](=O)[O-])c1. The minimum absolute atomic E-state index is 0.0442. The third-order valence-corrected chi connectivity index (χ3v) is 4.54. The molecular formula is C13H9Cl2NO6S. The van der Waals surface area contributed by atoms with Crippen molar-refractivity contribution in [3.05, 3.63) is 56.6 Å². The number of hydrogen-bond donors (Lipinski definition) is 0. The summed E-state index contributed by atoms with van der Waals surface area (Å²) in [5, 5.41) is 11.3. The van der Waals surface area contributed by atoms with E-state index in [0.29, 0.717) is 0 Å². The van der Waals surface area contributed by atoms with Gasteiger partial charge >= 0.3 is 10.1 Å². The summed E-state index contributed by atoms with van der Waals surface area (Å²) in [5.41, 5.74) is -0.672. The van der Waals surface area contributed by atoms with Crippen LogP contribution in [0, 0.1) is 10.1 Å². The molecule has 0 fully saturated rings. The zero-order valence-corrected chi connectivity index (χ0v) is 13.9. The maximum Gasteiger partial charge on any atom is 0.346 e. The van der Waals surface area contributed by atoms with Gasteiger partial charge in [0.05, 0.1) is 23.1 Å². The normalized spacial score (nSPS) is 11.1. The Morgan fingerprint density at radius 2 is 1.83 bits per heavy atom. The van der Waals surface area contributed by atoms with Crippen molar-refractivity contribution in [1.29, 1.82) is 0 Å². The van der Waals surface area contributed by atoms with Crippen LogP contribution in [0.15, 0.2) is 41.3 Å². The molecule has 23 heavy (non-hydrogen) atoms. The molecule has 0 radical (unpaired) electrons. The van der Waals surface area contributed by atoms with Gasteiger partial charge in [0.1, 0.15) is 5.75 Å². The Balaban J connectivity index is 2.49. The van der Waals surface area contributed by atoms with E-state index in [9.17, 15) is 18.5 Å². The predicted octanol–water partition coefficient (Wildman–Crippen LogP) is 3.68. The molecule has 0 bridgehead atoms. The molecule has 7 nitrogen and oxygen atoms in total. The van der Waals surface area contributed by atoms with Gasteiger partial charge in [-0.15, -0.1) is 0 Å². The quantitative estimate of drug-likeness (QED) is 0.447. The average Bonchev–Trinajstić information content (AvgIpc) is 2.49. The molecule has 2 rings (SSSR count). The molecule has 0 aliphatic heterocycles. The van der Waals surface area contributed by atoms with E-state index in [1.54, 1.807) is 0 Å². The van der Waals surface area contributed by atoms with Crippen LogP contribution < -0.4 is 8.92 Å². The second-order valence-electron chi connectivity index (χ2n) is 4.20. The van der Waals surface area contributed by atoms with Crippen molar-refractivity contribution in [3.63, 3.8) is 0 Å². The summed E-state index contributed by atoms with van der Waals surface area (Å²) in [4.78, 5) is 9.63. The standard InChI is InChI=1S/C13H9Cl2NO6S/c1-21-9-3-5-13(11(7-9)16(17)18)23(19,20)22-12-4-2-8(14)6-10(12)15/h2-7H,1H3. The van der Waals surface area contributed by atoms with Gasteiger partial charge in [0.15, 0.2) is 10.6 Å². The van der Waals surface area contributed by atoms with E-state index in [0.717, 1.165) is 12.1 Å². The van der Waals surface area contributed by atoms with Crippen molar-refractivity contribution < 1.29 is 22.3 Å². The zero-order chi connectivity index (χ0) is 17.2. The van der Waals surface area contributed by atoms with E-state index in [1.165, 1.54) is 31.4 Å². The number of rotatable bonds is 5. The van der Waals surface area contributed by atoms with Crippen LogP contribution in [0.25, 0.3) is 0 Å². The molecule has 0 N–H and O–H groups in total. The summed E-state index contributed by atoms with van der Waals surface area (Å²) in [6.07, 6.45) is 0. The Morgan fingerprint density at radius 3 is 2.39 bits per heavy atom. The van der Waals surface area contributed by atoms with Gasteiger partial charge in [-0.2, -0.15) is 8.42 Å². The number of ether oxygens (including phenoxy) is 1. The molecule has 0 aliphatic rings. The van der Waals surface area contributed by atoms with E-state index in [2.05, 4.69) is 0 Å². The van der Waals surface area contributed by atoms with Crippen LogP contribution in [0.4, 0.5) is 5.69 Å². The van der Waals surface area contributed by atoms with Crippen molar-refractivity contribution in [3.8, 4) is 11.5 Å². The largest absolute Gasteiger partial charge is 0.497 e. The van der Waals surface area contributed by atoms with Crippen LogP contribution in [0.2, 0.25) is 10.0 Å². The second kappa shape index (κ2) is 6.61. The Morgan fingerprint density at radius 1 is 1.13 bits per heavy atom. The average molecular weight is 378 g/mol. The Bertz CT molecular complexity index is 869. The molecule has 122 valence electrons. The van der Waals surface area contributed by atoms with Gasteiger partial charge in [-0.25, -0.2) is 0 Å². The lowest BCUT2D eigenvalue weighted by Crippen LogP contribution is -2.12. The minimum Gasteiger partial charge on any atom is -0.497 e. The predicted molar refractivity (Wildman–Crippen MR) is 83.9 cm³/mol. The number of methoxy groups -OCH3 is 1. The molecule has 0 atom stereocenters. The number of benzene rings is 2. The first kappa shape index (κ1) is 17.3. The van der Waals surface area contributed by atoms with E-state index in [-0.39, 0.29) is 21.5 Å². The van der Waals surface area contributed by atoms with Crippen molar-refractivity contribution in [1.82, 2.24) is 0 Å². The minimum atomic E-state index is -4.47. The number of nitrogens with zero attached hydrogens (tertiary/aromatic N) is 1. The molecule has 2 aromatic carbocycles. The fourth-order valence-corrected chi connectivity index (χ4v) is 3.27. The molecular weight excluding hydrogens is 369 g/mol. The van der Waals surface area contributed by atoms with Gasteiger partial charge in [-0.3, -0.25) is 10.1 Å². The van der Waals surface area contributed by atoms with Crippen LogP contribution in [0.3, 0.4) is 0 Å². The summed E-state index contributed by atoms with van der Waals surface area (Å²) < 4.78 is 34.3. The number of halogens is 2. The van der Waals surface area contributed by atoms with E-state index < -0.39 is 25.6 Å². The molecule has 0 saturated carbocycles. The maximum absolute atomic E-state index is 12.3. The van der Waals surface area contributed by atoms with Gasteiger partial charge in [0.25, 0.3) is 5.69 Å². The summed E-state index contributed by atoms with van der Waals surface area (Å²) in [7, 11) is -3.17. The van der Waals surface area contributed by atoms with Gasteiger partial charge in [-0.1, -0.05) is 23.2 Å². The highest BCUT2D eigenvalue weighted by molar-refractivity contribution is 7.87. The van der Waals surface area contributed by atoms with Crippen LogP contribution >= 0.6 is 23.2 Å². The third-order valence-electron chi connectivity index (χ3n) is 2.73. The number of nitro benzene ring substituents is 1. The van der Waals surface area contributed by atoms with Crippen molar-refractivity contribution >= 4 is 39.0 Å². The highest BCUT2D eigenvalue weighted by atomic mass is 35.5. The Labute approximate surface area is 141 Å². The summed E-state index contributed by atoms with van der Waals surface area (Å²) in [5.74, 6) is -0.0543. The Hall–Kier alpha value is -2.03. The summed E-state index contributed by atoms with van der Waals surface area (Å²) in [6, 6.07) is 7.19. The first-order chi connectivity index (χ1) is 10.7. The number of nitro groups is 1. The van der Waals surface area contributed by atoms with E-state index in [1.807, 2.05) is 0 Å². The second-order valence-corrected chi connectivity index (χ2v) is 6.56. The van der Waals surface area contributed by atoms with Crippen molar-refractivity contribution in [2.24, 2.45) is 0 Å². The van der Waals surface area contributed by atoms with Crippen LogP contribution in [-0.4, -0.2) is 20.5 Å². The fourth-order valence-electron chi connectivity index (χ4n) is 1.68. The third kappa shape index (κ3) is 3.84. The lowest BCUT2D eigenvalue weighted by molar-refractivity contribution is -0.388. The van der Waals surface area contributed by atoms with Gasteiger partial charge in [0, 0.05) is 5.02 Å². The highest BCUT2D eigenvalue weighted by Gasteiger charge is 2.29. The van der Waals surface area contributed by atoms with Crippen molar-refractivity contribution in [2.45, 2.75) is 4.90 Å². The number of hydrogen-bond acceptors (Lipinski definition) is 6. The maximum atomic E-state index is 12.3. The van der Waals surface area contributed by atoms with E-state index in [4.69, 9.17) is 32.1 Å². The molecule has 0 aromatic heterocycles. The lowest BCUT2D eigenvalue weighted by Gasteiger charge is -2.09. The molecule has 0 heterocycles. The monoisotopic (exact) mass is 377 g/mol. The molecule has 0 saturated heterocycles. The van der Waals surface area contributed by atoms with Crippen LogP contribution in [0.1, 0.15) is 0 Å². The highest BCUT2D eigenvalue weighted by Crippen LogP contribution is 2.33. The van der Waals surface area contributed by atoms with Gasteiger partial charge in [0.2, 0.25) is 0 Å². The molecule has 0 unspecified atom stereocenters. The first-order valence-corrected chi connectivity index (χ1v) is 8.13. The van der Waals surface area contributed by atoms with Crippen LogP contribution in [0.5, 0.6) is 11.5 Å². The first-order valence-electron chi connectivity index (χ1n) is 5.96. The van der Waals surface area contributed by atoms with E-state index >= 15 is 0 Å². The smallest absolute Gasteiger partial charge is 0.346 e. The molecule has 0 amide bonds. The van der Waals surface area contributed by atoms with Gasteiger partial charge < -0.3 is 8.92 Å². The molecule has 0 aliphatic carbocycles. The summed E-state index contributed by atoms with van der Waals surface area (Å²) >= 11 is 11.6. The molecule has 0 spiro atoms. The molecule has 2 aromatic rings.